The van der Waals surface area contributed by atoms with Crippen molar-refractivity contribution in [1.82, 2.24) is 19.8 Å². The number of benzene rings is 1. The van der Waals surface area contributed by atoms with Gasteiger partial charge in [0, 0.05) is 26.2 Å². The van der Waals surface area contributed by atoms with Crippen LogP contribution in [0, 0.1) is 25.6 Å². The largest absolute Gasteiger partial charge is 0.466 e. The number of likely N-dealkylation sites (N-methyl/N-ethyl adjacent to an activating group) is 1. The van der Waals surface area contributed by atoms with Gasteiger partial charge in [-0.25, -0.2) is 14.4 Å². The Bertz CT molecular complexity index is 1030. The number of fused-ring (bicyclic) bond motifs is 1. The van der Waals surface area contributed by atoms with Gasteiger partial charge in [0.05, 0.1) is 41.5 Å². The zero-order chi connectivity index (χ0) is 22.7. The maximum absolute atomic E-state index is 14.1. The van der Waals surface area contributed by atoms with Crippen LogP contribution in [0.15, 0.2) is 12.1 Å². The van der Waals surface area contributed by atoms with E-state index >= 15 is 0 Å². The molecule has 0 saturated carbocycles. The molecule has 1 fully saturated rings. The van der Waals surface area contributed by atoms with E-state index in [9.17, 15) is 18.8 Å². The van der Waals surface area contributed by atoms with E-state index in [2.05, 4.69) is 9.97 Å². The molecule has 2 amide bonds. The summed E-state index contributed by atoms with van der Waals surface area (Å²) in [6.45, 7) is 6.17. The third-order valence-electron chi connectivity index (χ3n) is 5.49. The first-order valence-electron chi connectivity index (χ1n) is 10.4. The molecule has 0 aliphatic carbocycles. The predicted octanol–water partition coefficient (Wildman–Crippen LogP) is 2.26. The molecule has 166 valence electrons. The number of esters is 1. The Morgan fingerprint density at radius 2 is 1.94 bits per heavy atom. The summed E-state index contributed by atoms with van der Waals surface area (Å²) in [6, 6.07) is 2.35. The van der Waals surface area contributed by atoms with E-state index in [1.54, 1.807) is 25.7 Å². The van der Waals surface area contributed by atoms with Crippen LogP contribution in [0.2, 0.25) is 0 Å². The Morgan fingerprint density at radius 3 is 2.65 bits per heavy atom. The Hall–Kier alpha value is -3.10. The molecule has 1 saturated heterocycles. The zero-order valence-electron chi connectivity index (χ0n) is 18.3. The maximum Gasteiger partial charge on any atom is 0.310 e. The van der Waals surface area contributed by atoms with Gasteiger partial charge in [0.1, 0.15) is 11.3 Å². The normalized spacial score (nSPS) is 16.3. The van der Waals surface area contributed by atoms with Crippen molar-refractivity contribution in [2.24, 2.45) is 5.92 Å². The lowest BCUT2D eigenvalue weighted by Crippen LogP contribution is -2.47. The van der Waals surface area contributed by atoms with Crippen molar-refractivity contribution in [3.05, 3.63) is 34.9 Å². The zero-order valence-corrected chi connectivity index (χ0v) is 18.3. The number of ether oxygens (including phenoxy) is 1. The molecule has 1 aliphatic heterocycles. The molecule has 1 aliphatic rings. The molecule has 0 N–H and O–H groups in total. The third kappa shape index (κ3) is 4.98. The number of aromatic nitrogens is 2. The highest BCUT2D eigenvalue weighted by molar-refractivity contribution is 6.05. The molecule has 1 aromatic carbocycles. The number of nitrogens with zero attached hydrogens (tertiary/aromatic N) is 4. The van der Waals surface area contributed by atoms with Crippen LogP contribution >= 0.6 is 0 Å². The van der Waals surface area contributed by atoms with Crippen LogP contribution in [-0.4, -0.2) is 70.8 Å². The first kappa shape index (κ1) is 22.6. The van der Waals surface area contributed by atoms with Gasteiger partial charge in [-0.1, -0.05) is 0 Å². The Kier molecular flexibility index (Phi) is 6.82. The highest BCUT2D eigenvalue weighted by Crippen LogP contribution is 2.21. The average molecular weight is 430 g/mol. The predicted molar refractivity (Wildman–Crippen MR) is 112 cm³/mol. The topological polar surface area (TPSA) is 92.7 Å². The lowest BCUT2D eigenvalue weighted by atomic mass is 9.98. The van der Waals surface area contributed by atoms with Gasteiger partial charge in [-0.15, -0.1) is 0 Å². The second-order valence-electron chi connectivity index (χ2n) is 7.81. The number of hydrogen-bond acceptors (Lipinski definition) is 6. The molecule has 1 aromatic heterocycles. The molecule has 3 rings (SSSR count). The molecule has 0 radical (unpaired) electrons. The number of carbonyl (C=O) groups excluding carboxylic acids is 3. The number of carbonyl (C=O) groups is 3. The molecule has 9 heteroatoms. The smallest absolute Gasteiger partial charge is 0.310 e. The van der Waals surface area contributed by atoms with Crippen LogP contribution in [0.3, 0.4) is 0 Å². The first-order valence-corrected chi connectivity index (χ1v) is 10.4. The van der Waals surface area contributed by atoms with Gasteiger partial charge in [0.15, 0.2) is 0 Å². The molecule has 8 nitrogen and oxygen atoms in total. The van der Waals surface area contributed by atoms with Crippen LogP contribution in [0.25, 0.3) is 11.0 Å². The van der Waals surface area contributed by atoms with Gasteiger partial charge in [0.25, 0.3) is 5.91 Å². The molecule has 1 unspecified atom stereocenters. The van der Waals surface area contributed by atoms with Crippen molar-refractivity contribution in [3.63, 3.8) is 0 Å². The van der Waals surface area contributed by atoms with E-state index in [0.29, 0.717) is 48.4 Å². The molecule has 2 aromatic rings. The summed E-state index contributed by atoms with van der Waals surface area (Å²) in [5.74, 6) is -2.05. The van der Waals surface area contributed by atoms with Gasteiger partial charge >= 0.3 is 5.97 Å². The van der Waals surface area contributed by atoms with E-state index in [0.717, 1.165) is 6.07 Å². The van der Waals surface area contributed by atoms with Crippen molar-refractivity contribution in [2.45, 2.75) is 33.6 Å². The van der Waals surface area contributed by atoms with Crippen LogP contribution < -0.4 is 0 Å². The summed E-state index contributed by atoms with van der Waals surface area (Å²) in [5, 5.41) is 0. The lowest BCUT2D eigenvalue weighted by Gasteiger charge is -2.32. The monoisotopic (exact) mass is 430 g/mol. The molecule has 0 spiro atoms. The number of amides is 2. The Morgan fingerprint density at radius 1 is 1.23 bits per heavy atom. The third-order valence-corrected chi connectivity index (χ3v) is 5.49. The highest BCUT2D eigenvalue weighted by Gasteiger charge is 2.30. The number of aryl methyl sites for hydroxylation is 2. The Labute approximate surface area is 180 Å². The van der Waals surface area contributed by atoms with Gasteiger partial charge in [-0.05, 0) is 39.7 Å². The molecular weight excluding hydrogens is 403 g/mol. The van der Waals surface area contributed by atoms with Gasteiger partial charge in [-0.3, -0.25) is 14.4 Å². The first-order chi connectivity index (χ1) is 14.7. The summed E-state index contributed by atoms with van der Waals surface area (Å²) in [7, 11) is 1.48. The molecular formula is C22H27FN4O4. The minimum absolute atomic E-state index is 0.0592. The fourth-order valence-electron chi connectivity index (χ4n) is 3.70. The van der Waals surface area contributed by atoms with Crippen molar-refractivity contribution >= 4 is 28.8 Å². The lowest BCUT2D eigenvalue weighted by molar-refractivity contribution is -0.151. The van der Waals surface area contributed by atoms with E-state index in [4.69, 9.17) is 4.74 Å². The minimum Gasteiger partial charge on any atom is -0.466 e. The Balaban J connectivity index is 1.75. The fraction of sp³-hybridized carbons (Fsp3) is 0.500. The second-order valence-corrected chi connectivity index (χ2v) is 7.81. The molecule has 1 atom stereocenters. The van der Waals surface area contributed by atoms with Gasteiger partial charge in [0.2, 0.25) is 5.91 Å². The van der Waals surface area contributed by atoms with E-state index in [1.807, 2.05) is 0 Å². The minimum atomic E-state index is -0.596. The van der Waals surface area contributed by atoms with Crippen LogP contribution in [0.1, 0.15) is 41.5 Å². The summed E-state index contributed by atoms with van der Waals surface area (Å²) in [4.78, 5) is 49.4. The van der Waals surface area contributed by atoms with Gasteiger partial charge in [-0.2, -0.15) is 0 Å². The quantitative estimate of drug-likeness (QED) is 0.676. The van der Waals surface area contributed by atoms with Crippen LogP contribution in [0.5, 0.6) is 0 Å². The van der Waals surface area contributed by atoms with Crippen molar-refractivity contribution in [1.29, 1.82) is 0 Å². The molecule has 2 heterocycles. The van der Waals surface area contributed by atoms with E-state index in [1.165, 1.54) is 18.0 Å². The van der Waals surface area contributed by atoms with Crippen molar-refractivity contribution in [3.8, 4) is 0 Å². The fourth-order valence-corrected chi connectivity index (χ4v) is 3.70. The van der Waals surface area contributed by atoms with Crippen LogP contribution in [0.4, 0.5) is 4.39 Å². The maximum atomic E-state index is 14.1. The number of halogens is 1. The molecule has 31 heavy (non-hydrogen) atoms. The number of rotatable bonds is 5. The van der Waals surface area contributed by atoms with Crippen molar-refractivity contribution < 1.29 is 23.5 Å². The van der Waals surface area contributed by atoms with Gasteiger partial charge < -0.3 is 14.5 Å². The second kappa shape index (κ2) is 9.36. The number of hydrogen-bond donors (Lipinski definition) is 0. The van der Waals surface area contributed by atoms with E-state index in [-0.39, 0.29) is 36.4 Å². The number of likely N-dealkylation sites (tertiary alicyclic amines) is 1. The summed E-state index contributed by atoms with van der Waals surface area (Å²) in [6.07, 6.45) is 1.36. The van der Waals surface area contributed by atoms with Crippen LogP contribution in [-0.2, 0) is 14.3 Å². The molecule has 0 bridgehead atoms. The summed E-state index contributed by atoms with van der Waals surface area (Å²) >= 11 is 0. The summed E-state index contributed by atoms with van der Waals surface area (Å²) in [5.41, 5.74) is 1.95. The summed E-state index contributed by atoms with van der Waals surface area (Å²) < 4.78 is 19.2. The number of piperidine rings is 1. The standard InChI is InChI=1S/C22H27FN4O4/c1-5-31-22(30)15-7-6-8-27(11-15)19(28)12-26(4)21(29)17-9-16(23)10-18-20(17)25-14(3)13(2)24-18/h9-10,15H,5-8,11-12H2,1-4H3. The highest BCUT2D eigenvalue weighted by atomic mass is 19.1. The van der Waals surface area contributed by atoms with E-state index < -0.39 is 11.7 Å². The SMILES string of the molecule is CCOC(=O)C1CCCN(C(=O)CN(C)C(=O)c2cc(F)cc3nc(C)c(C)nc23)C1. The van der Waals surface area contributed by atoms with Crippen molar-refractivity contribution in [2.75, 3.05) is 33.3 Å². The average Bonchev–Trinajstić information content (AvgIpc) is 2.74.